The summed E-state index contributed by atoms with van der Waals surface area (Å²) in [5.74, 6) is 0.863. The highest BCUT2D eigenvalue weighted by molar-refractivity contribution is 5.32. The van der Waals surface area contributed by atoms with Crippen LogP contribution in [-0.4, -0.2) is 6.54 Å². The summed E-state index contributed by atoms with van der Waals surface area (Å²) in [5.41, 5.74) is 4.29. The van der Waals surface area contributed by atoms with E-state index in [1.807, 2.05) is 0 Å². The van der Waals surface area contributed by atoms with Gasteiger partial charge in [-0.25, -0.2) is 0 Å². The Kier molecular flexibility index (Phi) is 3.65. The molecule has 1 N–H and O–H groups in total. The van der Waals surface area contributed by atoms with Crippen LogP contribution in [0.25, 0.3) is 0 Å². The zero-order valence-corrected chi connectivity index (χ0v) is 10.7. The molecule has 0 heterocycles. The minimum atomic E-state index is 0.582. The highest BCUT2D eigenvalue weighted by Gasteiger charge is 2.27. The summed E-state index contributed by atoms with van der Waals surface area (Å²) < 4.78 is 0. The summed E-state index contributed by atoms with van der Waals surface area (Å²) in [5, 5.41) is 3.65. The molecule has 1 aliphatic rings. The summed E-state index contributed by atoms with van der Waals surface area (Å²) in [4.78, 5) is 0. The summed E-state index contributed by atoms with van der Waals surface area (Å²) >= 11 is 0. The molecule has 1 atom stereocenters. The summed E-state index contributed by atoms with van der Waals surface area (Å²) in [6.45, 7) is 7.66. The second-order valence-electron chi connectivity index (χ2n) is 5.07. The molecule has 0 amide bonds. The fraction of sp³-hybridized carbons (Fsp3) is 0.600. The van der Waals surface area contributed by atoms with E-state index in [4.69, 9.17) is 0 Å². The van der Waals surface area contributed by atoms with Crippen LogP contribution in [0.3, 0.4) is 0 Å². The molecular weight excluding hydrogens is 194 g/mol. The van der Waals surface area contributed by atoms with Crippen molar-refractivity contribution in [2.45, 2.75) is 46.1 Å². The van der Waals surface area contributed by atoms with E-state index in [9.17, 15) is 0 Å². The molecule has 1 aromatic carbocycles. The van der Waals surface area contributed by atoms with Crippen LogP contribution < -0.4 is 5.32 Å². The maximum absolute atomic E-state index is 3.65. The molecule has 1 aliphatic carbocycles. The maximum atomic E-state index is 3.65. The van der Waals surface area contributed by atoms with Crippen molar-refractivity contribution >= 4 is 0 Å². The van der Waals surface area contributed by atoms with Gasteiger partial charge >= 0.3 is 0 Å². The van der Waals surface area contributed by atoms with E-state index < -0.39 is 0 Å². The Bertz CT molecular complexity index is 352. The molecule has 16 heavy (non-hydrogen) atoms. The summed E-state index contributed by atoms with van der Waals surface area (Å²) in [7, 11) is 0. The number of nitrogens with one attached hydrogen (secondary N) is 1. The lowest BCUT2D eigenvalue weighted by Gasteiger charge is -2.35. The van der Waals surface area contributed by atoms with Crippen molar-refractivity contribution in [1.82, 2.24) is 5.32 Å². The van der Waals surface area contributed by atoms with Crippen LogP contribution in [-0.2, 0) is 0 Å². The first-order valence-electron chi connectivity index (χ1n) is 6.53. The maximum Gasteiger partial charge on any atom is 0.0348 e. The van der Waals surface area contributed by atoms with Gasteiger partial charge in [0.25, 0.3) is 0 Å². The first kappa shape index (κ1) is 11.7. The van der Waals surface area contributed by atoms with Gasteiger partial charge in [0.1, 0.15) is 0 Å². The van der Waals surface area contributed by atoms with Crippen molar-refractivity contribution in [3.05, 3.63) is 34.9 Å². The zero-order valence-electron chi connectivity index (χ0n) is 10.7. The number of rotatable bonds is 4. The predicted octanol–water partition coefficient (Wildman–Crippen LogP) is 3.75. The van der Waals surface area contributed by atoms with Crippen LogP contribution in [0.15, 0.2) is 18.2 Å². The highest BCUT2D eigenvalue weighted by Crippen LogP contribution is 2.37. The van der Waals surface area contributed by atoms with Gasteiger partial charge in [-0.05, 0) is 55.8 Å². The lowest BCUT2D eigenvalue weighted by atomic mass is 9.77. The Labute approximate surface area is 99.3 Å². The standard InChI is InChI=1S/C15H23N/c1-4-16-15(13-6-5-7-13)14-9-8-11(2)12(3)10-14/h8-10,13,15-16H,4-7H2,1-3H3. The predicted molar refractivity (Wildman–Crippen MR) is 69.7 cm³/mol. The molecule has 1 heteroatoms. The molecule has 0 saturated heterocycles. The molecule has 0 aromatic heterocycles. The van der Waals surface area contributed by atoms with E-state index in [0.29, 0.717) is 6.04 Å². The Morgan fingerprint density at radius 1 is 1.25 bits per heavy atom. The van der Waals surface area contributed by atoms with Gasteiger partial charge in [-0.15, -0.1) is 0 Å². The normalized spacial score (nSPS) is 18.2. The monoisotopic (exact) mass is 217 g/mol. The number of hydrogen-bond donors (Lipinski definition) is 1. The van der Waals surface area contributed by atoms with E-state index in [0.717, 1.165) is 12.5 Å². The SMILES string of the molecule is CCNC(c1ccc(C)c(C)c1)C1CCC1. The van der Waals surface area contributed by atoms with Gasteiger partial charge < -0.3 is 5.32 Å². The summed E-state index contributed by atoms with van der Waals surface area (Å²) in [6, 6.07) is 7.50. The third-order valence-electron chi connectivity index (χ3n) is 3.94. The zero-order chi connectivity index (χ0) is 11.5. The first-order valence-corrected chi connectivity index (χ1v) is 6.53. The fourth-order valence-corrected chi connectivity index (χ4v) is 2.51. The lowest BCUT2D eigenvalue weighted by Crippen LogP contribution is -2.32. The van der Waals surface area contributed by atoms with E-state index in [1.54, 1.807) is 0 Å². The van der Waals surface area contributed by atoms with Gasteiger partial charge in [-0.1, -0.05) is 31.5 Å². The average Bonchev–Trinajstić information content (AvgIpc) is 2.19. The first-order chi connectivity index (χ1) is 7.72. The second-order valence-corrected chi connectivity index (χ2v) is 5.07. The highest BCUT2D eigenvalue weighted by atomic mass is 14.9. The number of hydrogen-bond acceptors (Lipinski definition) is 1. The van der Waals surface area contributed by atoms with Crippen molar-refractivity contribution in [1.29, 1.82) is 0 Å². The second kappa shape index (κ2) is 5.01. The van der Waals surface area contributed by atoms with Crippen LogP contribution in [0.5, 0.6) is 0 Å². The average molecular weight is 217 g/mol. The number of aryl methyl sites for hydroxylation is 2. The Balaban J connectivity index is 2.20. The van der Waals surface area contributed by atoms with Gasteiger partial charge in [0.05, 0.1) is 0 Å². The van der Waals surface area contributed by atoms with Gasteiger partial charge in [-0.2, -0.15) is 0 Å². The van der Waals surface area contributed by atoms with Crippen molar-refractivity contribution in [3.8, 4) is 0 Å². The van der Waals surface area contributed by atoms with Gasteiger partial charge in [-0.3, -0.25) is 0 Å². The minimum Gasteiger partial charge on any atom is -0.310 e. The molecule has 2 rings (SSSR count). The third-order valence-corrected chi connectivity index (χ3v) is 3.94. The Morgan fingerprint density at radius 3 is 2.50 bits per heavy atom. The van der Waals surface area contributed by atoms with Crippen LogP contribution >= 0.6 is 0 Å². The molecule has 1 aromatic rings. The van der Waals surface area contributed by atoms with Crippen LogP contribution in [0.2, 0.25) is 0 Å². The lowest BCUT2D eigenvalue weighted by molar-refractivity contribution is 0.233. The smallest absolute Gasteiger partial charge is 0.0348 e. The molecule has 0 aliphatic heterocycles. The molecule has 88 valence electrons. The number of benzene rings is 1. The molecule has 0 radical (unpaired) electrons. The van der Waals surface area contributed by atoms with Crippen LogP contribution in [0.4, 0.5) is 0 Å². The van der Waals surface area contributed by atoms with E-state index >= 15 is 0 Å². The largest absolute Gasteiger partial charge is 0.310 e. The third kappa shape index (κ3) is 2.30. The van der Waals surface area contributed by atoms with Gasteiger partial charge in [0.15, 0.2) is 0 Å². The molecular formula is C15H23N. The van der Waals surface area contributed by atoms with Crippen LogP contribution in [0, 0.1) is 19.8 Å². The Hall–Kier alpha value is -0.820. The van der Waals surface area contributed by atoms with E-state index in [-0.39, 0.29) is 0 Å². The van der Waals surface area contributed by atoms with Crippen molar-refractivity contribution in [2.75, 3.05) is 6.54 Å². The van der Waals surface area contributed by atoms with Crippen LogP contribution in [0.1, 0.15) is 48.9 Å². The van der Waals surface area contributed by atoms with E-state index in [1.165, 1.54) is 36.0 Å². The summed E-state index contributed by atoms with van der Waals surface area (Å²) in [6.07, 6.45) is 4.20. The minimum absolute atomic E-state index is 0.582. The fourth-order valence-electron chi connectivity index (χ4n) is 2.51. The van der Waals surface area contributed by atoms with Crippen molar-refractivity contribution in [2.24, 2.45) is 5.92 Å². The van der Waals surface area contributed by atoms with Crippen molar-refractivity contribution < 1.29 is 0 Å². The topological polar surface area (TPSA) is 12.0 Å². The van der Waals surface area contributed by atoms with Crippen molar-refractivity contribution in [3.63, 3.8) is 0 Å². The van der Waals surface area contributed by atoms with E-state index in [2.05, 4.69) is 44.3 Å². The molecule has 1 nitrogen and oxygen atoms in total. The molecule has 0 bridgehead atoms. The molecule has 1 saturated carbocycles. The van der Waals surface area contributed by atoms with Gasteiger partial charge in [0, 0.05) is 6.04 Å². The molecule has 1 fully saturated rings. The Morgan fingerprint density at radius 2 is 2.00 bits per heavy atom. The molecule has 0 spiro atoms. The quantitative estimate of drug-likeness (QED) is 0.810. The van der Waals surface area contributed by atoms with Gasteiger partial charge in [0.2, 0.25) is 0 Å². The molecule has 1 unspecified atom stereocenters.